The quantitative estimate of drug-likeness (QED) is 0.644. The lowest BCUT2D eigenvalue weighted by Crippen LogP contribution is -2.16. The molecule has 0 bridgehead atoms. The van der Waals surface area contributed by atoms with Crippen molar-refractivity contribution >= 4 is 17.6 Å². The van der Waals surface area contributed by atoms with Gasteiger partial charge >= 0.3 is 0 Å². The van der Waals surface area contributed by atoms with Crippen LogP contribution < -0.4 is 5.14 Å². The van der Waals surface area contributed by atoms with Crippen molar-refractivity contribution in [1.29, 1.82) is 0 Å². The Morgan fingerprint density at radius 2 is 1.70 bits per heavy atom. The van der Waals surface area contributed by atoms with E-state index < -0.39 is 0 Å². The van der Waals surface area contributed by atoms with Gasteiger partial charge in [0.2, 0.25) is 0 Å². The van der Waals surface area contributed by atoms with E-state index in [2.05, 4.69) is 37.1 Å². The molecule has 0 aromatic heterocycles. The van der Waals surface area contributed by atoms with Gasteiger partial charge in [-0.25, -0.2) is 0 Å². The summed E-state index contributed by atoms with van der Waals surface area (Å²) in [5.74, 6) is 0. The second-order valence-electron chi connectivity index (χ2n) is 5.09. The van der Waals surface area contributed by atoms with Gasteiger partial charge in [0.25, 0.3) is 0 Å². The van der Waals surface area contributed by atoms with E-state index in [1.54, 1.807) is 0 Å². The summed E-state index contributed by atoms with van der Waals surface area (Å²) >= 11 is 1.28. The highest BCUT2D eigenvalue weighted by molar-refractivity contribution is 7.97. The van der Waals surface area contributed by atoms with Gasteiger partial charge in [0.05, 0.1) is 0 Å². The van der Waals surface area contributed by atoms with Crippen molar-refractivity contribution < 1.29 is 0 Å². The van der Waals surface area contributed by atoms with E-state index in [-0.39, 0.29) is 0 Å². The molecule has 1 heterocycles. The zero-order valence-electron chi connectivity index (χ0n) is 12.7. The largest absolute Gasteiger partial charge is 0.372 e. The average molecular weight is 290 g/mol. The van der Waals surface area contributed by atoms with Crippen LogP contribution in [0.25, 0.3) is 5.70 Å². The molecule has 0 spiro atoms. The molecule has 1 aliphatic rings. The maximum absolute atomic E-state index is 5.48. The SMILES string of the molecule is C=C(C)CC.C=C(c1ccc(SN)cc1)N1CCCC1. The van der Waals surface area contributed by atoms with Gasteiger partial charge in [0.15, 0.2) is 0 Å². The Balaban J connectivity index is 0.000000347. The molecular formula is C17H26N2S. The molecule has 0 saturated carbocycles. The summed E-state index contributed by atoms with van der Waals surface area (Å²) in [5.41, 5.74) is 3.60. The zero-order chi connectivity index (χ0) is 15.0. The first-order chi connectivity index (χ1) is 9.58. The molecule has 0 aliphatic carbocycles. The molecule has 20 heavy (non-hydrogen) atoms. The molecule has 2 rings (SSSR count). The van der Waals surface area contributed by atoms with Crippen LogP contribution in [-0.2, 0) is 0 Å². The summed E-state index contributed by atoms with van der Waals surface area (Å²) in [4.78, 5) is 3.44. The van der Waals surface area contributed by atoms with E-state index in [1.807, 2.05) is 19.1 Å². The van der Waals surface area contributed by atoms with Gasteiger partial charge in [-0.1, -0.05) is 31.2 Å². The van der Waals surface area contributed by atoms with Crippen molar-refractivity contribution in [3.8, 4) is 0 Å². The zero-order valence-corrected chi connectivity index (χ0v) is 13.5. The number of likely N-dealkylation sites (tertiary alicyclic amines) is 1. The lowest BCUT2D eigenvalue weighted by molar-refractivity contribution is 0.494. The highest BCUT2D eigenvalue weighted by atomic mass is 32.2. The number of nitrogens with zero attached hydrogens (tertiary/aromatic N) is 1. The summed E-state index contributed by atoms with van der Waals surface area (Å²) in [6.45, 7) is 14.2. The van der Waals surface area contributed by atoms with Crippen molar-refractivity contribution in [1.82, 2.24) is 4.90 Å². The van der Waals surface area contributed by atoms with E-state index in [4.69, 9.17) is 5.14 Å². The Kier molecular flexibility index (Phi) is 7.48. The Morgan fingerprint density at radius 1 is 1.20 bits per heavy atom. The Morgan fingerprint density at radius 3 is 2.10 bits per heavy atom. The molecule has 1 fully saturated rings. The minimum absolute atomic E-state index is 1.09. The van der Waals surface area contributed by atoms with Crippen molar-refractivity contribution in [2.75, 3.05) is 13.1 Å². The summed E-state index contributed by atoms with van der Waals surface area (Å²) in [6.07, 6.45) is 3.69. The standard InChI is InChI=1S/C12H16N2S.C5H10/c1-10(14-8-2-3-9-14)11-4-6-12(15-13)7-5-11;1-4-5(2)3/h4-7H,1-3,8-9,13H2;2,4H2,1,3H3. The Labute approximate surface area is 127 Å². The molecule has 0 amide bonds. The first-order valence-electron chi connectivity index (χ1n) is 7.14. The monoisotopic (exact) mass is 290 g/mol. The van der Waals surface area contributed by atoms with Crippen molar-refractivity contribution in [3.05, 3.63) is 48.6 Å². The van der Waals surface area contributed by atoms with Crippen LogP contribution >= 0.6 is 11.9 Å². The summed E-state index contributed by atoms with van der Waals surface area (Å²) in [7, 11) is 0. The van der Waals surface area contributed by atoms with Crippen LogP contribution in [0.2, 0.25) is 0 Å². The van der Waals surface area contributed by atoms with E-state index in [0.29, 0.717) is 0 Å². The van der Waals surface area contributed by atoms with Crippen molar-refractivity contribution in [3.63, 3.8) is 0 Å². The van der Waals surface area contributed by atoms with Gasteiger partial charge in [0.1, 0.15) is 0 Å². The molecule has 0 unspecified atom stereocenters. The van der Waals surface area contributed by atoms with Gasteiger partial charge in [-0.05, 0) is 55.8 Å². The number of rotatable bonds is 4. The lowest BCUT2D eigenvalue weighted by Gasteiger charge is -2.20. The molecular weight excluding hydrogens is 264 g/mol. The second kappa shape index (κ2) is 8.88. The van der Waals surface area contributed by atoms with E-state index in [1.165, 1.54) is 35.9 Å². The molecule has 1 aromatic rings. The number of nitrogens with two attached hydrogens (primary N) is 1. The van der Waals surface area contributed by atoms with Gasteiger partial charge in [-0.2, -0.15) is 0 Å². The fraction of sp³-hybridized carbons (Fsp3) is 0.412. The summed E-state index contributed by atoms with van der Waals surface area (Å²) < 4.78 is 0. The number of hydrogen-bond donors (Lipinski definition) is 1. The molecule has 110 valence electrons. The lowest BCUT2D eigenvalue weighted by atomic mass is 10.1. The minimum Gasteiger partial charge on any atom is -0.372 e. The van der Waals surface area contributed by atoms with E-state index in [0.717, 1.165) is 30.1 Å². The molecule has 0 atom stereocenters. The summed E-state index contributed by atoms with van der Waals surface area (Å²) in [6, 6.07) is 8.27. The van der Waals surface area contributed by atoms with Gasteiger partial charge in [-0.15, -0.1) is 6.58 Å². The number of allylic oxidation sites excluding steroid dienone is 1. The highest BCUT2D eigenvalue weighted by Gasteiger charge is 2.14. The van der Waals surface area contributed by atoms with Crippen molar-refractivity contribution in [2.24, 2.45) is 5.14 Å². The normalized spacial score (nSPS) is 13.7. The van der Waals surface area contributed by atoms with Gasteiger partial charge in [0, 0.05) is 23.7 Å². The van der Waals surface area contributed by atoms with Crippen LogP contribution in [0, 0.1) is 0 Å². The van der Waals surface area contributed by atoms with Crippen LogP contribution in [0.4, 0.5) is 0 Å². The topological polar surface area (TPSA) is 29.3 Å². The smallest absolute Gasteiger partial charge is 0.0366 e. The van der Waals surface area contributed by atoms with Crippen LogP contribution in [0.5, 0.6) is 0 Å². The van der Waals surface area contributed by atoms with Gasteiger partial charge < -0.3 is 4.90 Å². The first-order valence-corrected chi connectivity index (χ1v) is 8.01. The van der Waals surface area contributed by atoms with E-state index in [9.17, 15) is 0 Å². The van der Waals surface area contributed by atoms with Crippen LogP contribution in [0.1, 0.15) is 38.7 Å². The third kappa shape index (κ3) is 5.43. The average Bonchev–Trinajstić information content (AvgIpc) is 3.01. The number of benzene rings is 1. The highest BCUT2D eigenvalue weighted by Crippen LogP contribution is 2.23. The molecule has 0 radical (unpaired) electrons. The Bertz CT molecular complexity index is 431. The van der Waals surface area contributed by atoms with Crippen LogP contribution in [-0.4, -0.2) is 18.0 Å². The second-order valence-corrected chi connectivity index (χ2v) is 5.80. The third-order valence-electron chi connectivity index (χ3n) is 3.41. The summed E-state index contributed by atoms with van der Waals surface area (Å²) in [5, 5.41) is 5.48. The van der Waals surface area contributed by atoms with Crippen molar-refractivity contribution in [2.45, 2.75) is 38.0 Å². The third-order valence-corrected chi connectivity index (χ3v) is 3.96. The predicted octanol–water partition coefficient (Wildman–Crippen LogP) is 4.69. The molecule has 1 aromatic carbocycles. The molecule has 1 saturated heterocycles. The van der Waals surface area contributed by atoms with Crippen LogP contribution in [0.15, 0.2) is 47.9 Å². The van der Waals surface area contributed by atoms with E-state index >= 15 is 0 Å². The molecule has 2 nitrogen and oxygen atoms in total. The maximum Gasteiger partial charge on any atom is 0.0366 e. The molecule has 1 aliphatic heterocycles. The molecule has 2 N–H and O–H groups in total. The van der Waals surface area contributed by atoms with Crippen LogP contribution in [0.3, 0.4) is 0 Å². The fourth-order valence-corrected chi connectivity index (χ4v) is 2.19. The first kappa shape index (κ1) is 16.9. The molecule has 3 heteroatoms. The number of hydrogen-bond acceptors (Lipinski definition) is 3. The predicted molar refractivity (Wildman–Crippen MR) is 91.4 cm³/mol. The maximum atomic E-state index is 5.48. The minimum atomic E-state index is 1.09. The fourth-order valence-electron chi connectivity index (χ4n) is 1.90. The Hall–Kier alpha value is -1.19. The van der Waals surface area contributed by atoms with Gasteiger partial charge in [-0.3, -0.25) is 5.14 Å².